The lowest BCUT2D eigenvalue weighted by molar-refractivity contribution is 0.559. The molecule has 4 heteroatoms. The Labute approximate surface area is 123 Å². The maximum atomic E-state index is 13.8. The van der Waals surface area contributed by atoms with Gasteiger partial charge in [-0.1, -0.05) is 17.7 Å². The molecule has 0 amide bonds. The number of benzene rings is 2. The van der Waals surface area contributed by atoms with Gasteiger partial charge in [-0.05, 0) is 44.0 Å². The second kappa shape index (κ2) is 5.92. The first-order valence-electron chi connectivity index (χ1n) is 6.62. The third-order valence-corrected chi connectivity index (χ3v) is 3.39. The summed E-state index contributed by atoms with van der Waals surface area (Å²) in [5.41, 5.74) is 4.00. The fourth-order valence-electron chi connectivity index (χ4n) is 2.47. The highest BCUT2D eigenvalue weighted by molar-refractivity contribution is 5.58. The van der Waals surface area contributed by atoms with Crippen LogP contribution < -0.4 is 5.32 Å². The van der Waals surface area contributed by atoms with E-state index in [4.69, 9.17) is 5.26 Å². The van der Waals surface area contributed by atoms with Gasteiger partial charge in [-0.3, -0.25) is 0 Å². The molecule has 2 aromatic carbocycles. The van der Waals surface area contributed by atoms with E-state index in [1.807, 2.05) is 32.9 Å². The van der Waals surface area contributed by atoms with E-state index in [-0.39, 0.29) is 17.7 Å². The number of hydrogen-bond acceptors (Lipinski definition) is 2. The third-order valence-electron chi connectivity index (χ3n) is 3.39. The van der Waals surface area contributed by atoms with Crippen LogP contribution in [0.25, 0.3) is 0 Å². The van der Waals surface area contributed by atoms with Crippen LogP contribution in [0.1, 0.15) is 27.8 Å². The summed E-state index contributed by atoms with van der Waals surface area (Å²) in [5, 5.41) is 11.8. The van der Waals surface area contributed by atoms with Gasteiger partial charge in [-0.25, -0.2) is 8.78 Å². The third kappa shape index (κ3) is 3.19. The van der Waals surface area contributed by atoms with Crippen molar-refractivity contribution in [1.82, 2.24) is 0 Å². The zero-order valence-corrected chi connectivity index (χ0v) is 12.2. The van der Waals surface area contributed by atoms with Gasteiger partial charge in [-0.2, -0.15) is 5.26 Å². The molecule has 0 fully saturated rings. The molecule has 0 saturated heterocycles. The Morgan fingerprint density at radius 2 is 1.52 bits per heavy atom. The highest BCUT2D eigenvalue weighted by atomic mass is 19.1. The Morgan fingerprint density at radius 3 is 2.00 bits per heavy atom. The molecule has 108 valence electrons. The standard InChI is InChI=1S/C17H16F2N2/c1-10-4-11(2)17(12(3)5-10)21-9-14-15(18)6-13(8-20)7-16(14)19/h4-7,21H,9H2,1-3H3. The summed E-state index contributed by atoms with van der Waals surface area (Å²) < 4.78 is 27.7. The molecule has 0 heterocycles. The fraction of sp³-hybridized carbons (Fsp3) is 0.235. The Kier molecular flexibility index (Phi) is 4.23. The van der Waals surface area contributed by atoms with Crippen molar-refractivity contribution in [2.45, 2.75) is 27.3 Å². The summed E-state index contributed by atoms with van der Waals surface area (Å²) in [7, 11) is 0. The van der Waals surface area contributed by atoms with Crippen LogP contribution in [0, 0.1) is 43.7 Å². The van der Waals surface area contributed by atoms with Crippen LogP contribution in [0.5, 0.6) is 0 Å². The van der Waals surface area contributed by atoms with Gasteiger partial charge in [0.2, 0.25) is 0 Å². The topological polar surface area (TPSA) is 35.8 Å². The first kappa shape index (κ1) is 15.0. The molecule has 0 spiro atoms. The van der Waals surface area contributed by atoms with Crippen LogP contribution in [-0.4, -0.2) is 0 Å². The molecule has 1 N–H and O–H groups in total. The minimum Gasteiger partial charge on any atom is -0.380 e. The Bertz CT molecular complexity index is 684. The molecule has 2 aromatic rings. The van der Waals surface area contributed by atoms with Gasteiger partial charge in [0.1, 0.15) is 11.6 Å². The molecular formula is C17H16F2N2. The van der Waals surface area contributed by atoms with E-state index in [9.17, 15) is 8.78 Å². The molecule has 2 nitrogen and oxygen atoms in total. The smallest absolute Gasteiger partial charge is 0.132 e. The predicted molar refractivity (Wildman–Crippen MR) is 79.1 cm³/mol. The van der Waals surface area contributed by atoms with Crippen molar-refractivity contribution in [1.29, 1.82) is 5.26 Å². The lowest BCUT2D eigenvalue weighted by Crippen LogP contribution is -2.07. The number of aryl methyl sites for hydroxylation is 3. The first-order valence-corrected chi connectivity index (χ1v) is 6.62. The van der Waals surface area contributed by atoms with E-state index in [1.54, 1.807) is 6.07 Å². The second-order valence-electron chi connectivity index (χ2n) is 5.16. The van der Waals surface area contributed by atoms with Crippen molar-refractivity contribution in [3.8, 4) is 6.07 Å². The van der Waals surface area contributed by atoms with Crippen molar-refractivity contribution in [2.24, 2.45) is 0 Å². The summed E-state index contributed by atoms with van der Waals surface area (Å²) in [5.74, 6) is -1.41. The Morgan fingerprint density at radius 1 is 1.00 bits per heavy atom. The summed E-state index contributed by atoms with van der Waals surface area (Å²) in [6.45, 7) is 5.94. The molecule has 0 aliphatic carbocycles. The van der Waals surface area contributed by atoms with E-state index in [0.29, 0.717) is 0 Å². The van der Waals surface area contributed by atoms with Crippen molar-refractivity contribution in [2.75, 3.05) is 5.32 Å². The van der Waals surface area contributed by atoms with Crippen LogP contribution in [-0.2, 0) is 6.54 Å². The normalized spacial score (nSPS) is 10.3. The Hall–Kier alpha value is -2.41. The second-order valence-corrected chi connectivity index (χ2v) is 5.16. The monoisotopic (exact) mass is 286 g/mol. The zero-order chi connectivity index (χ0) is 15.6. The minimum atomic E-state index is -0.707. The minimum absolute atomic E-state index is 0.0172. The van der Waals surface area contributed by atoms with Gasteiger partial charge in [0.05, 0.1) is 11.6 Å². The summed E-state index contributed by atoms with van der Waals surface area (Å²) >= 11 is 0. The first-order chi connectivity index (χ1) is 9.92. The largest absolute Gasteiger partial charge is 0.380 e. The van der Waals surface area contributed by atoms with E-state index >= 15 is 0 Å². The van der Waals surface area contributed by atoms with Crippen LogP contribution in [0.2, 0.25) is 0 Å². The number of rotatable bonds is 3. The summed E-state index contributed by atoms with van der Waals surface area (Å²) in [6.07, 6.45) is 0. The van der Waals surface area contributed by atoms with Crippen molar-refractivity contribution < 1.29 is 8.78 Å². The van der Waals surface area contributed by atoms with Crippen molar-refractivity contribution >= 4 is 5.69 Å². The van der Waals surface area contributed by atoms with Crippen molar-refractivity contribution in [3.05, 3.63) is 63.7 Å². The van der Waals surface area contributed by atoms with Crippen LogP contribution >= 0.6 is 0 Å². The molecule has 2 rings (SSSR count). The summed E-state index contributed by atoms with van der Waals surface area (Å²) in [6, 6.07) is 7.86. The van der Waals surface area contributed by atoms with Crippen LogP contribution in [0.15, 0.2) is 24.3 Å². The quantitative estimate of drug-likeness (QED) is 0.909. The Balaban J connectivity index is 2.28. The maximum Gasteiger partial charge on any atom is 0.132 e. The molecule has 0 bridgehead atoms. The molecule has 0 atom stereocenters. The number of halogens is 2. The van der Waals surface area contributed by atoms with Crippen molar-refractivity contribution in [3.63, 3.8) is 0 Å². The molecular weight excluding hydrogens is 270 g/mol. The molecule has 0 aliphatic rings. The van der Waals surface area contributed by atoms with Gasteiger partial charge in [0, 0.05) is 17.8 Å². The van der Waals surface area contributed by atoms with E-state index in [0.717, 1.165) is 34.5 Å². The van der Waals surface area contributed by atoms with Crippen LogP contribution in [0.3, 0.4) is 0 Å². The predicted octanol–water partition coefficient (Wildman–Crippen LogP) is 4.37. The molecule has 0 saturated carbocycles. The molecule has 0 radical (unpaired) electrons. The lowest BCUT2D eigenvalue weighted by Gasteiger charge is -2.14. The van der Waals surface area contributed by atoms with Crippen LogP contribution in [0.4, 0.5) is 14.5 Å². The molecule has 0 aliphatic heterocycles. The number of nitrogens with one attached hydrogen (secondary N) is 1. The average Bonchev–Trinajstić information content (AvgIpc) is 2.39. The van der Waals surface area contributed by atoms with E-state index in [2.05, 4.69) is 5.32 Å². The molecule has 0 unspecified atom stereocenters. The molecule has 0 aromatic heterocycles. The van der Waals surface area contributed by atoms with Gasteiger partial charge in [-0.15, -0.1) is 0 Å². The molecule has 21 heavy (non-hydrogen) atoms. The SMILES string of the molecule is Cc1cc(C)c(NCc2c(F)cc(C#N)cc2F)c(C)c1. The lowest BCUT2D eigenvalue weighted by atomic mass is 10.0. The van der Waals surface area contributed by atoms with E-state index < -0.39 is 11.6 Å². The highest BCUT2D eigenvalue weighted by Gasteiger charge is 2.12. The number of anilines is 1. The number of hydrogen-bond donors (Lipinski definition) is 1. The van der Waals surface area contributed by atoms with E-state index in [1.165, 1.54) is 0 Å². The number of nitrogens with zero attached hydrogens (tertiary/aromatic N) is 1. The maximum absolute atomic E-state index is 13.8. The van der Waals surface area contributed by atoms with Gasteiger partial charge >= 0.3 is 0 Å². The zero-order valence-electron chi connectivity index (χ0n) is 12.2. The van der Waals surface area contributed by atoms with Gasteiger partial charge in [0.25, 0.3) is 0 Å². The average molecular weight is 286 g/mol. The number of nitriles is 1. The fourth-order valence-corrected chi connectivity index (χ4v) is 2.47. The highest BCUT2D eigenvalue weighted by Crippen LogP contribution is 2.24. The summed E-state index contributed by atoms with van der Waals surface area (Å²) in [4.78, 5) is 0. The van der Waals surface area contributed by atoms with Gasteiger partial charge < -0.3 is 5.32 Å². The van der Waals surface area contributed by atoms with Gasteiger partial charge in [0.15, 0.2) is 0 Å².